The zero-order valence-electron chi connectivity index (χ0n) is 16.1. The molecule has 0 bridgehead atoms. The zero-order chi connectivity index (χ0) is 18.9. The van der Waals surface area contributed by atoms with Gasteiger partial charge >= 0.3 is 5.97 Å². The first kappa shape index (κ1) is 18.9. The fraction of sp³-hybridized carbons (Fsp3) is 0.619. The Labute approximate surface area is 156 Å². The van der Waals surface area contributed by atoms with Gasteiger partial charge in [-0.15, -0.1) is 0 Å². The molecule has 0 saturated carbocycles. The van der Waals surface area contributed by atoms with Gasteiger partial charge in [0.25, 0.3) is 0 Å². The SMILES string of the molecule is CC(C)(C)C(=O)N1CCc2cc(CCN3CCC(C(=O)O)CC3)ccc21. The van der Waals surface area contributed by atoms with E-state index >= 15 is 0 Å². The van der Waals surface area contributed by atoms with Crippen LogP contribution in [-0.4, -0.2) is 48.1 Å². The molecule has 0 unspecified atom stereocenters. The maximum atomic E-state index is 12.6. The second-order valence-corrected chi connectivity index (χ2v) is 8.62. The van der Waals surface area contributed by atoms with Crippen LogP contribution in [-0.2, 0) is 22.4 Å². The Hall–Kier alpha value is -1.88. The maximum absolute atomic E-state index is 12.6. The van der Waals surface area contributed by atoms with E-state index in [1.165, 1.54) is 11.1 Å². The van der Waals surface area contributed by atoms with Crippen LogP contribution in [0.3, 0.4) is 0 Å². The van der Waals surface area contributed by atoms with Crippen molar-refractivity contribution in [2.45, 2.75) is 46.5 Å². The van der Waals surface area contributed by atoms with Crippen LogP contribution < -0.4 is 4.90 Å². The number of hydrogen-bond donors (Lipinski definition) is 1. The highest BCUT2D eigenvalue weighted by atomic mass is 16.4. The number of nitrogens with zero attached hydrogens (tertiary/aromatic N) is 2. The van der Waals surface area contributed by atoms with Gasteiger partial charge in [-0.2, -0.15) is 0 Å². The molecular formula is C21H30N2O3. The van der Waals surface area contributed by atoms with Crippen LogP contribution in [0.4, 0.5) is 5.69 Å². The van der Waals surface area contributed by atoms with Gasteiger partial charge in [-0.05, 0) is 56.0 Å². The topological polar surface area (TPSA) is 60.9 Å². The van der Waals surface area contributed by atoms with Crippen LogP contribution in [0, 0.1) is 11.3 Å². The Bertz CT molecular complexity index is 685. The molecule has 3 rings (SSSR count). The number of amides is 1. The molecule has 0 spiro atoms. The standard InChI is InChI=1S/C21H30N2O3/c1-21(2,3)20(26)23-13-9-17-14-15(4-5-18(17)23)6-10-22-11-7-16(8-12-22)19(24)25/h4-5,14,16H,6-13H2,1-3H3,(H,24,25). The molecule has 1 N–H and O–H groups in total. The predicted octanol–water partition coefficient (Wildman–Crippen LogP) is 2.96. The van der Waals surface area contributed by atoms with Crippen molar-refractivity contribution >= 4 is 17.6 Å². The number of carboxylic acid groups (broad SMARTS) is 1. The van der Waals surface area contributed by atoms with E-state index in [0.29, 0.717) is 0 Å². The second-order valence-electron chi connectivity index (χ2n) is 8.62. The Balaban J connectivity index is 1.57. The van der Waals surface area contributed by atoms with E-state index in [0.717, 1.165) is 57.5 Å². The second kappa shape index (κ2) is 7.39. The van der Waals surface area contributed by atoms with Crippen LogP contribution >= 0.6 is 0 Å². The van der Waals surface area contributed by atoms with Crippen molar-refractivity contribution in [1.29, 1.82) is 0 Å². The van der Waals surface area contributed by atoms with Gasteiger partial charge in [0.1, 0.15) is 0 Å². The highest BCUT2D eigenvalue weighted by Gasteiger charge is 2.32. The maximum Gasteiger partial charge on any atom is 0.306 e. The molecule has 0 atom stereocenters. The van der Waals surface area contributed by atoms with Gasteiger partial charge in [0.05, 0.1) is 5.92 Å². The van der Waals surface area contributed by atoms with Crippen molar-refractivity contribution in [3.63, 3.8) is 0 Å². The molecule has 2 aliphatic heterocycles. The molecule has 5 heteroatoms. The third kappa shape index (κ3) is 4.09. The summed E-state index contributed by atoms with van der Waals surface area (Å²) in [6.45, 7) is 9.39. The lowest BCUT2D eigenvalue weighted by atomic mass is 9.94. The summed E-state index contributed by atoms with van der Waals surface area (Å²) in [5.74, 6) is -0.638. The molecule has 5 nitrogen and oxygen atoms in total. The van der Waals surface area contributed by atoms with Crippen LogP contribution in [0.25, 0.3) is 0 Å². The molecule has 1 fully saturated rings. The summed E-state index contributed by atoms with van der Waals surface area (Å²) < 4.78 is 0. The van der Waals surface area contributed by atoms with Crippen LogP contribution in [0.15, 0.2) is 18.2 Å². The number of piperidine rings is 1. The van der Waals surface area contributed by atoms with Crippen LogP contribution in [0.5, 0.6) is 0 Å². The summed E-state index contributed by atoms with van der Waals surface area (Å²) in [5, 5.41) is 9.09. The summed E-state index contributed by atoms with van der Waals surface area (Å²) in [7, 11) is 0. The van der Waals surface area contributed by atoms with Crippen molar-refractivity contribution in [3.8, 4) is 0 Å². The van der Waals surface area contributed by atoms with E-state index in [9.17, 15) is 9.59 Å². The largest absolute Gasteiger partial charge is 0.481 e. The van der Waals surface area contributed by atoms with Gasteiger partial charge in [-0.1, -0.05) is 32.9 Å². The minimum Gasteiger partial charge on any atom is -0.481 e. The number of likely N-dealkylation sites (tertiary alicyclic amines) is 1. The molecule has 1 aromatic carbocycles. The van der Waals surface area contributed by atoms with Gasteiger partial charge in [0.2, 0.25) is 5.91 Å². The zero-order valence-corrected chi connectivity index (χ0v) is 16.1. The number of anilines is 1. The van der Waals surface area contributed by atoms with Crippen molar-refractivity contribution in [2.24, 2.45) is 11.3 Å². The Morgan fingerprint density at radius 2 is 1.85 bits per heavy atom. The molecule has 0 aliphatic carbocycles. The number of hydrogen-bond acceptors (Lipinski definition) is 3. The summed E-state index contributed by atoms with van der Waals surface area (Å²) in [6, 6.07) is 6.48. The van der Waals surface area contributed by atoms with Gasteiger partial charge in [0.15, 0.2) is 0 Å². The van der Waals surface area contributed by atoms with E-state index in [1.54, 1.807) is 0 Å². The first-order chi connectivity index (χ1) is 12.3. The minimum absolute atomic E-state index is 0.169. The molecule has 142 valence electrons. The van der Waals surface area contributed by atoms with E-state index in [1.807, 2.05) is 25.7 Å². The van der Waals surface area contributed by atoms with E-state index in [4.69, 9.17) is 5.11 Å². The fourth-order valence-electron chi connectivity index (χ4n) is 3.92. The van der Waals surface area contributed by atoms with Crippen molar-refractivity contribution in [3.05, 3.63) is 29.3 Å². The number of aliphatic carboxylic acids is 1. The van der Waals surface area contributed by atoms with Crippen LogP contribution in [0.1, 0.15) is 44.7 Å². The molecule has 0 radical (unpaired) electrons. The molecule has 1 aromatic rings. The smallest absolute Gasteiger partial charge is 0.306 e. The lowest BCUT2D eigenvalue weighted by Gasteiger charge is -2.30. The quantitative estimate of drug-likeness (QED) is 0.899. The summed E-state index contributed by atoms with van der Waals surface area (Å²) in [6.07, 6.45) is 3.40. The van der Waals surface area contributed by atoms with E-state index in [2.05, 4.69) is 23.1 Å². The van der Waals surface area contributed by atoms with Gasteiger partial charge in [0, 0.05) is 24.2 Å². The van der Waals surface area contributed by atoms with E-state index < -0.39 is 5.97 Å². The number of carbonyl (C=O) groups is 2. The molecule has 1 amide bonds. The predicted molar refractivity (Wildman–Crippen MR) is 102 cm³/mol. The highest BCUT2D eigenvalue weighted by molar-refractivity contribution is 5.98. The summed E-state index contributed by atoms with van der Waals surface area (Å²) >= 11 is 0. The number of benzene rings is 1. The van der Waals surface area contributed by atoms with E-state index in [-0.39, 0.29) is 17.2 Å². The summed E-state index contributed by atoms with van der Waals surface area (Å²) in [4.78, 5) is 27.9. The molecule has 2 aliphatic rings. The van der Waals surface area contributed by atoms with Crippen LogP contribution in [0.2, 0.25) is 0 Å². The lowest BCUT2D eigenvalue weighted by Crippen LogP contribution is -2.38. The number of rotatable bonds is 4. The number of fused-ring (bicyclic) bond motifs is 1. The number of carbonyl (C=O) groups excluding carboxylic acids is 1. The molecule has 2 heterocycles. The Kier molecular flexibility index (Phi) is 5.37. The Morgan fingerprint density at radius 3 is 2.46 bits per heavy atom. The van der Waals surface area contributed by atoms with Crippen molar-refractivity contribution in [1.82, 2.24) is 4.90 Å². The number of carboxylic acids is 1. The normalized spacial score (nSPS) is 18.8. The third-order valence-corrected chi connectivity index (χ3v) is 5.58. The first-order valence-electron chi connectivity index (χ1n) is 9.64. The van der Waals surface area contributed by atoms with Gasteiger partial charge < -0.3 is 14.9 Å². The monoisotopic (exact) mass is 358 g/mol. The average molecular weight is 358 g/mol. The average Bonchev–Trinajstić information content (AvgIpc) is 3.01. The minimum atomic E-state index is -0.655. The third-order valence-electron chi connectivity index (χ3n) is 5.58. The highest BCUT2D eigenvalue weighted by Crippen LogP contribution is 2.32. The van der Waals surface area contributed by atoms with Gasteiger partial charge in [-0.25, -0.2) is 0 Å². The molecule has 26 heavy (non-hydrogen) atoms. The molecular weight excluding hydrogens is 328 g/mol. The fourth-order valence-corrected chi connectivity index (χ4v) is 3.92. The first-order valence-corrected chi connectivity index (χ1v) is 9.64. The van der Waals surface area contributed by atoms with Gasteiger partial charge in [-0.3, -0.25) is 9.59 Å². The summed E-state index contributed by atoms with van der Waals surface area (Å²) in [5.41, 5.74) is 3.28. The lowest BCUT2D eigenvalue weighted by molar-refractivity contribution is -0.143. The molecule has 1 saturated heterocycles. The molecule has 0 aromatic heterocycles. The Morgan fingerprint density at radius 1 is 1.15 bits per heavy atom. The van der Waals surface area contributed by atoms with Crippen molar-refractivity contribution in [2.75, 3.05) is 31.1 Å². The van der Waals surface area contributed by atoms with Crippen molar-refractivity contribution < 1.29 is 14.7 Å².